The predicted molar refractivity (Wildman–Crippen MR) is 81.0 cm³/mol. The highest BCUT2D eigenvalue weighted by Crippen LogP contribution is 2.37. The molecule has 0 spiro atoms. The quantitative estimate of drug-likeness (QED) is 0.866. The molecule has 1 N–H and O–H groups in total. The van der Waals surface area contributed by atoms with E-state index >= 15 is 0 Å². The Bertz CT molecular complexity index is 451. The van der Waals surface area contributed by atoms with Gasteiger partial charge in [-0.05, 0) is 42.9 Å². The van der Waals surface area contributed by atoms with Crippen LogP contribution in [0.15, 0.2) is 24.3 Å². The molecule has 1 aliphatic rings. The average Bonchev–Trinajstić information content (AvgIpc) is 2.43. The first-order chi connectivity index (χ1) is 9.08. The van der Waals surface area contributed by atoms with E-state index in [9.17, 15) is 4.79 Å². The van der Waals surface area contributed by atoms with Crippen LogP contribution in [-0.2, 0) is 9.53 Å². The maximum absolute atomic E-state index is 12.2. The summed E-state index contributed by atoms with van der Waals surface area (Å²) in [7, 11) is 1.44. The zero-order chi connectivity index (χ0) is 13.9. The van der Waals surface area contributed by atoms with E-state index < -0.39 is 5.54 Å². The summed E-state index contributed by atoms with van der Waals surface area (Å²) in [5, 5.41) is 4.22. The number of hydrogen-bond donors (Lipinski definition) is 1. The number of anilines is 1. The lowest BCUT2D eigenvalue weighted by atomic mass is 9.89. The molecule has 104 valence electrons. The smallest absolute Gasteiger partial charge is 0.332 e. The van der Waals surface area contributed by atoms with Gasteiger partial charge in [-0.3, -0.25) is 0 Å². The molecule has 2 atom stereocenters. The Hall–Kier alpha value is -0.870. The second-order valence-corrected chi connectivity index (χ2v) is 6.60. The zero-order valence-electron chi connectivity index (χ0n) is 11.1. The van der Waals surface area contributed by atoms with E-state index in [1.54, 1.807) is 11.8 Å². The zero-order valence-corrected chi connectivity index (χ0v) is 12.7. The van der Waals surface area contributed by atoms with Crippen molar-refractivity contribution in [3.63, 3.8) is 0 Å². The molecule has 19 heavy (non-hydrogen) atoms. The first-order valence-electron chi connectivity index (χ1n) is 6.32. The fourth-order valence-corrected chi connectivity index (χ4v) is 3.76. The summed E-state index contributed by atoms with van der Waals surface area (Å²) in [5.74, 6) is 0.893. The maximum atomic E-state index is 12.2. The van der Waals surface area contributed by atoms with Crippen LogP contribution in [0.4, 0.5) is 5.69 Å². The van der Waals surface area contributed by atoms with Crippen LogP contribution in [0.3, 0.4) is 0 Å². The minimum absolute atomic E-state index is 0.171. The van der Waals surface area contributed by atoms with Crippen molar-refractivity contribution in [2.45, 2.75) is 30.6 Å². The van der Waals surface area contributed by atoms with Crippen molar-refractivity contribution in [2.75, 3.05) is 18.2 Å². The van der Waals surface area contributed by atoms with Crippen LogP contribution >= 0.6 is 23.4 Å². The Labute approximate surface area is 123 Å². The van der Waals surface area contributed by atoms with Crippen molar-refractivity contribution in [2.24, 2.45) is 0 Å². The number of carbonyl (C=O) groups is 1. The Morgan fingerprint density at radius 1 is 1.47 bits per heavy atom. The Morgan fingerprint density at radius 3 is 2.74 bits per heavy atom. The molecule has 1 aromatic rings. The van der Waals surface area contributed by atoms with Crippen molar-refractivity contribution < 1.29 is 9.53 Å². The Kier molecular flexibility index (Phi) is 4.63. The Balaban J connectivity index is 2.27. The van der Waals surface area contributed by atoms with Gasteiger partial charge in [-0.2, -0.15) is 11.8 Å². The molecule has 1 aromatic carbocycles. The molecule has 0 aliphatic carbocycles. The molecule has 1 fully saturated rings. The lowest BCUT2D eigenvalue weighted by Crippen LogP contribution is -2.55. The van der Waals surface area contributed by atoms with Gasteiger partial charge in [-0.25, -0.2) is 4.79 Å². The van der Waals surface area contributed by atoms with Crippen LogP contribution in [-0.4, -0.2) is 29.6 Å². The van der Waals surface area contributed by atoms with Crippen molar-refractivity contribution in [1.82, 2.24) is 0 Å². The van der Waals surface area contributed by atoms with Gasteiger partial charge >= 0.3 is 5.97 Å². The lowest BCUT2D eigenvalue weighted by molar-refractivity contribution is -0.146. The largest absolute Gasteiger partial charge is 0.467 e. The molecule has 2 rings (SSSR count). The summed E-state index contributed by atoms with van der Waals surface area (Å²) < 4.78 is 5.02. The number of ether oxygens (including phenoxy) is 1. The van der Waals surface area contributed by atoms with Gasteiger partial charge in [-0.15, -0.1) is 0 Å². The number of nitrogens with one attached hydrogen (secondary N) is 1. The fraction of sp³-hybridized carbons (Fsp3) is 0.500. The van der Waals surface area contributed by atoms with Gasteiger partial charge in [0.05, 0.1) is 7.11 Å². The third kappa shape index (κ3) is 3.00. The van der Waals surface area contributed by atoms with Gasteiger partial charge in [0.1, 0.15) is 5.54 Å². The molecular formula is C14H18ClNO2S. The summed E-state index contributed by atoms with van der Waals surface area (Å²) in [5.41, 5.74) is 0.245. The average molecular weight is 300 g/mol. The van der Waals surface area contributed by atoms with Crippen LogP contribution in [0.2, 0.25) is 5.02 Å². The van der Waals surface area contributed by atoms with Gasteiger partial charge in [0.15, 0.2) is 0 Å². The molecule has 0 saturated carbocycles. The molecule has 2 unspecified atom stereocenters. The number of methoxy groups -OCH3 is 1. The molecule has 1 aliphatic heterocycles. The number of esters is 1. The lowest BCUT2D eigenvalue weighted by Gasteiger charge is -2.40. The van der Waals surface area contributed by atoms with Crippen LogP contribution in [0.5, 0.6) is 0 Å². The highest BCUT2D eigenvalue weighted by Gasteiger charge is 2.46. The third-order valence-corrected chi connectivity index (χ3v) is 5.22. The summed E-state index contributed by atoms with van der Waals surface area (Å²) in [4.78, 5) is 12.2. The molecule has 1 heterocycles. The SMILES string of the molecule is COC(=O)C1(Nc2ccc(Cl)cc2)CCCSC1C. The van der Waals surface area contributed by atoms with Crippen molar-refractivity contribution >= 4 is 35.0 Å². The van der Waals surface area contributed by atoms with Gasteiger partial charge in [0.25, 0.3) is 0 Å². The molecule has 0 aromatic heterocycles. The van der Waals surface area contributed by atoms with Crippen molar-refractivity contribution in [1.29, 1.82) is 0 Å². The molecule has 0 amide bonds. The van der Waals surface area contributed by atoms with Gasteiger partial charge < -0.3 is 10.1 Å². The standard InChI is InChI=1S/C14H18ClNO2S/c1-10-14(13(17)18-2,8-3-9-19-10)16-12-6-4-11(15)5-7-12/h4-7,10,16H,3,8-9H2,1-2H3. The van der Waals surface area contributed by atoms with E-state index in [1.165, 1.54) is 7.11 Å². The maximum Gasteiger partial charge on any atom is 0.332 e. The third-order valence-electron chi connectivity index (χ3n) is 3.54. The molecular weight excluding hydrogens is 282 g/mol. The van der Waals surface area contributed by atoms with Crippen LogP contribution in [0.1, 0.15) is 19.8 Å². The molecule has 0 radical (unpaired) electrons. The van der Waals surface area contributed by atoms with Crippen LogP contribution in [0.25, 0.3) is 0 Å². The number of thioether (sulfide) groups is 1. The van der Waals surface area contributed by atoms with Crippen LogP contribution < -0.4 is 5.32 Å². The van der Waals surface area contributed by atoms with Gasteiger partial charge in [0.2, 0.25) is 0 Å². The second-order valence-electron chi connectivity index (χ2n) is 4.71. The van der Waals surface area contributed by atoms with E-state index in [1.807, 2.05) is 24.3 Å². The number of halogens is 1. The summed E-state index contributed by atoms with van der Waals surface area (Å²) >= 11 is 7.69. The molecule has 5 heteroatoms. The minimum Gasteiger partial charge on any atom is -0.467 e. The normalized spacial score (nSPS) is 26.8. The second kappa shape index (κ2) is 6.06. The van der Waals surface area contributed by atoms with Crippen molar-refractivity contribution in [3.05, 3.63) is 29.3 Å². The van der Waals surface area contributed by atoms with E-state index in [-0.39, 0.29) is 11.2 Å². The highest BCUT2D eigenvalue weighted by atomic mass is 35.5. The Morgan fingerprint density at radius 2 is 2.16 bits per heavy atom. The van der Waals surface area contributed by atoms with E-state index in [4.69, 9.17) is 16.3 Å². The summed E-state index contributed by atoms with van der Waals surface area (Å²) in [6.45, 7) is 2.07. The monoisotopic (exact) mass is 299 g/mol. The van der Waals surface area contributed by atoms with Crippen molar-refractivity contribution in [3.8, 4) is 0 Å². The van der Waals surface area contributed by atoms with Gasteiger partial charge in [0, 0.05) is 16.0 Å². The predicted octanol–water partition coefficient (Wildman–Crippen LogP) is 3.58. The highest BCUT2D eigenvalue weighted by molar-refractivity contribution is 8.00. The number of rotatable bonds is 3. The molecule has 0 bridgehead atoms. The van der Waals surface area contributed by atoms with E-state index in [0.29, 0.717) is 5.02 Å². The van der Waals surface area contributed by atoms with Gasteiger partial charge in [-0.1, -0.05) is 18.5 Å². The summed E-state index contributed by atoms with van der Waals surface area (Å²) in [6, 6.07) is 7.41. The number of hydrogen-bond acceptors (Lipinski definition) is 4. The first-order valence-corrected chi connectivity index (χ1v) is 7.75. The van der Waals surface area contributed by atoms with E-state index in [0.717, 1.165) is 24.3 Å². The fourth-order valence-electron chi connectivity index (χ4n) is 2.41. The topological polar surface area (TPSA) is 38.3 Å². The minimum atomic E-state index is -0.647. The summed E-state index contributed by atoms with van der Waals surface area (Å²) in [6.07, 6.45) is 1.79. The molecule has 1 saturated heterocycles. The number of benzene rings is 1. The van der Waals surface area contributed by atoms with E-state index in [2.05, 4.69) is 12.2 Å². The van der Waals surface area contributed by atoms with Crippen LogP contribution in [0, 0.1) is 0 Å². The number of carbonyl (C=O) groups excluding carboxylic acids is 1. The molecule has 3 nitrogen and oxygen atoms in total. The first kappa shape index (κ1) is 14.5.